The largest absolute Gasteiger partial charge is 0.289 e. The van der Waals surface area contributed by atoms with Crippen molar-refractivity contribution >= 4 is 5.78 Å². The zero-order chi connectivity index (χ0) is 13.3. The Labute approximate surface area is 105 Å². The van der Waals surface area contributed by atoms with Crippen LogP contribution < -0.4 is 0 Å². The summed E-state index contributed by atoms with van der Waals surface area (Å²) in [5, 5.41) is 7.79. The van der Waals surface area contributed by atoms with Gasteiger partial charge in [0.2, 0.25) is 0 Å². The number of nitrogens with zero attached hydrogens (tertiary/aromatic N) is 2. The van der Waals surface area contributed by atoms with Crippen LogP contribution in [0, 0.1) is 26.6 Å². The quantitative estimate of drug-likeness (QED) is 0.763. The normalized spacial score (nSPS) is 10.4. The second-order valence-electron chi connectivity index (χ2n) is 4.27. The van der Waals surface area contributed by atoms with Gasteiger partial charge in [-0.1, -0.05) is 6.07 Å². The average molecular weight is 244 g/mol. The van der Waals surface area contributed by atoms with Gasteiger partial charge in [-0.25, -0.2) is 4.39 Å². The molecule has 2 rings (SSSR count). The van der Waals surface area contributed by atoms with Gasteiger partial charge in [0.05, 0.1) is 11.4 Å². The van der Waals surface area contributed by atoms with E-state index in [1.807, 2.05) is 0 Å². The lowest BCUT2D eigenvalue weighted by Crippen LogP contribution is -2.09. The van der Waals surface area contributed by atoms with Crippen molar-refractivity contribution in [2.45, 2.75) is 20.8 Å². The lowest BCUT2D eigenvalue weighted by atomic mass is 9.98. The third-order valence-corrected chi connectivity index (χ3v) is 2.79. The summed E-state index contributed by atoms with van der Waals surface area (Å²) in [6.07, 6.45) is 0. The fourth-order valence-electron chi connectivity index (χ4n) is 1.76. The summed E-state index contributed by atoms with van der Waals surface area (Å²) in [6, 6.07) is 5.87. The molecule has 0 unspecified atom stereocenters. The first-order valence-corrected chi connectivity index (χ1v) is 5.61. The molecule has 0 fully saturated rings. The molecule has 4 heteroatoms. The molecule has 0 saturated carbocycles. The van der Waals surface area contributed by atoms with Gasteiger partial charge in [-0.15, -0.1) is 0 Å². The highest BCUT2D eigenvalue weighted by Crippen LogP contribution is 2.17. The highest BCUT2D eigenvalue weighted by atomic mass is 19.1. The molecule has 0 amide bonds. The monoisotopic (exact) mass is 244 g/mol. The van der Waals surface area contributed by atoms with Crippen LogP contribution in [0.15, 0.2) is 24.3 Å². The van der Waals surface area contributed by atoms with Crippen LogP contribution in [0.25, 0.3) is 0 Å². The minimum atomic E-state index is -0.416. The molecule has 0 aliphatic carbocycles. The van der Waals surface area contributed by atoms with Crippen molar-refractivity contribution in [2.24, 2.45) is 0 Å². The average Bonchev–Trinajstić information content (AvgIpc) is 2.34. The first-order chi connectivity index (χ1) is 8.49. The summed E-state index contributed by atoms with van der Waals surface area (Å²) in [4.78, 5) is 12.4. The Hall–Kier alpha value is -2.10. The van der Waals surface area contributed by atoms with Crippen molar-refractivity contribution < 1.29 is 9.18 Å². The molecule has 0 aliphatic rings. The third kappa shape index (κ3) is 2.27. The van der Waals surface area contributed by atoms with E-state index >= 15 is 0 Å². The van der Waals surface area contributed by atoms with Gasteiger partial charge in [0, 0.05) is 11.1 Å². The molecule has 1 aromatic carbocycles. The summed E-state index contributed by atoms with van der Waals surface area (Å²) in [7, 11) is 0. The topological polar surface area (TPSA) is 42.9 Å². The molecule has 2 aromatic rings. The standard InChI is InChI=1S/C14H13FN2O/c1-8-4-5-11(15)7-12(8)14(18)13-6-9(2)16-17-10(13)3/h4-7H,1-3H3. The highest BCUT2D eigenvalue weighted by Gasteiger charge is 2.16. The number of rotatable bonds is 2. The number of carbonyl (C=O) groups excluding carboxylic acids is 1. The van der Waals surface area contributed by atoms with Crippen LogP contribution in [0.1, 0.15) is 32.9 Å². The lowest BCUT2D eigenvalue weighted by Gasteiger charge is -2.07. The summed E-state index contributed by atoms with van der Waals surface area (Å²) < 4.78 is 13.2. The summed E-state index contributed by atoms with van der Waals surface area (Å²) in [6.45, 7) is 5.26. The van der Waals surface area contributed by atoms with Crippen molar-refractivity contribution in [3.63, 3.8) is 0 Å². The van der Waals surface area contributed by atoms with E-state index in [4.69, 9.17) is 0 Å². The van der Waals surface area contributed by atoms with Crippen molar-refractivity contribution in [2.75, 3.05) is 0 Å². The second-order valence-corrected chi connectivity index (χ2v) is 4.27. The predicted octanol–water partition coefficient (Wildman–Crippen LogP) is 2.77. The molecule has 0 spiro atoms. The van der Waals surface area contributed by atoms with Crippen molar-refractivity contribution in [3.8, 4) is 0 Å². The molecular formula is C14H13FN2O. The van der Waals surface area contributed by atoms with Crippen molar-refractivity contribution in [1.82, 2.24) is 10.2 Å². The van der Waals surface area contributed by atoms with E-state index in [9.17, 15) is 9.18 Å². The van der Waals surface area contributed by atoms with E-state index in [1.54, 1.807) is 32.9 Å². The van der Waals surface area contributed by atoms with E-state index in [1.165, 1.54) is 12.1 Å². The maximum absolute atomic E-state index is 13.2. The number of halogens is 1. The van der Waals surface area contributed by atoms with Crippen LogP contribution in [-0.2, 0) is 0 Å². The van der Waals surface area contributed by atoms with Crippen LogP contribution in [-0.4, -0.2) is 16.0 Å². The minimum Gasteiger partial charge on any atom is -0.289 e. The van der Waals surface area contributed by atoms with Gasteiger partial charge < -0.3 is 0 Å². The molecule has 92 valence electrons. The van der Waals surface area contributed by atoms with Crippen LogP contribution in [0.2, 0.25) is 0 Å². The van der Waals surface area contributed by atoms with E-state index in [-0.39, 0.29) is 5.78 Å². The number of aryl methyl sites for hydroxylation is 3. The Morgan fingerprint density at radius 3 is 2.50 bits per heavy atom. The smallest absolute Gasteiger partial charge is 0.195 e. The highest BCUT2D eigenvalue weighted by molar-refractivity contribution is 6.10. The number of benzene rings is 1. The summed E-state index contributed by atoms with van der Waals surface area (Å²) in [5.74, 6) is -0.636. The van der Waals surface area contributed by atoms with Gasteiger partial charge >= 0.3 is 0 Å². The van der Waals surface area contributed by atoms with Crippen LogP contribution in [0.3, 0.4) is 0 Å². The number of hydrogen-bond donors (Lipinski definition) is 0. The Balaban J connectivity index is 2.54. The first-order valence-electron chi connectivity index (χ1n) is 5.61. The third-order valence-electron chi connectivity index (χ3n) is 2.79. The van der Waals surface area contributed by atoms with Gasteiger partial charge in [-0.3, -0.25) is 4.79 Å². The summed E-state index contributed by atoms with van der Waals surface area (Å²) >= 11 is 0. The molecule has 0 N–H and O–H groups in total. The zero-order valence-corrected chi connectivity index (χ0v) is 10.5. The Kier molecular flexibility index (Phi) is 3.19. The van der Waals surface area contributed by atoms with Crippen molar-refractivity contribution in [3.05, 3.63) is 58.2 Å². The maximum Gasteiger partial charge on any atom is 0.195 e. The lowest BCUT2D eigenvalue weighted by molar-refractivity contribution is 0.103. The second kappa shape index (κ2) is 4.64. The van der Waals surface area contributed by atoms with E-state index in [0.29, 0.717) is 22.5 Å². The maximum atomic E-state index is 13.2. The summed E-state index contributed by atoms with van der Waals surface area (Å²) in [5.41, 5.74) is 2.80. The molecule has 0 atom stereocenters. The van der Waals surface area contributed by atoms with Gasteiger partial charge in [0.25, 0.3) is 0 Å². The molecule has 0 bridgehead atoms. The van der Waals surface area contributed by atoms with Gasteiger partial charge in [0.15, 0.2) is 5.78 Å². The van der Waals surface area contributed by atoms with E-state index in [0.717, 1.165) is 5.56 Å². The van der Waals surface area contributed by atoms with E-state index < -0.39 is 5.82 Å². The molecule has 1 heterocycles. The van der Waals surface area contributed by atoms with E-state index in [2.05, 4.69) is 10.2 Å². The van der Waals surface area contributed by atoms with Crippen molar-refractivity contribution in [1.29, 1.82) is 0 Å². The Morgan fingerprint density at radius 2 is 1.78 bits per heavy atom. The van der Waals surface area contributed by atoms with Gasteiger partial charge in [0.1, 0.15) is 5.82 Å². The predicted molar refractivity (Wildman–Crippen MR) is 66.1 cm³/mol. The number of ketones is 1. The number of hydrogen-bond acceptors (Lipinski definition) is 3. The zero-order valence-electron chi connectivity index (χ0n) is 10.5. The van der Waals surface area contributed by atoms with Gasteiger partial charge in [-0.05, 0) is 44.5 Å². The molecule has 0 aliphatic heterocycles. The fraction of sp³-hybridized carbons (Fsp3) is 0.214. The molecule has 1 aromatic heterocycles. The SMILES string of the molecule is Cc1cc(C(=O)c2cc(F)ccc2C)c(C)nn1. The molecule has 0 radical (unpaired) electrons. The first kappa shape index (κ1) is 12.4. The van der Waals surface area contributed by atoms with Gasteiger partial charge in [-0.2, -0.15) is 10.2 Å². The Morgan fingerprint density at radius 1 is 1.06 bits per heavy atom. The van der Waals surface area contributed by atoms with Crippen LogP contribution in [0.4, 0.5) is 4.39 Å². The van der Waals surface area contributed by atoms with Crippen LogP contribution in [0.5, 0.6) is 0 Å². The molecule has 18 heavy (non-hydrogen) atoms. The molecule has 0 saturated heterocycles. The van der Waals surface area contributed by atoms with Crippen LogP contribution >= 0.6 is 0 Å². The molecular weight excluding hydrogens is 231 g/mol. The number of carbonyl (C=O) groups is 1. The number of aromatic nitrogens is 2. The Bertz CT molecular complexity index is 570. The molecule has 3 nitrogen and oxygen atoms in total. The minimum absolute atomic E-state index is 0.220. The fourth-order valence-corrected chi connectivity index (χ4v) is 1.76.